The first kappa shape index (κ1) is 15.2. The molecule has 0 saturated carbocycles. The van der Waals surface area contributed by atoms with Gasteiger partial charge >= 0.3 is 0 Å². The van der Waals surface area contributed by atoms with E-state index in [0.29, 0.717) is 6.54 Å². The molecule has 118 valence electrons. The van der Waals surface area contributed by atoms with Gasteiger partial charge in [-0.05, 0) is 38.2 Å². The molecule has 2 heterocycles. The van der Waals surface area contributed by atoms with Gasteiger partial charge in [0.1, 0.15) is 6.04 Å². The van der Waals surface area contributed by atoms with Crippen LogP contribution >= 0.6 is 11.3 Å². The highest BCUT2D eigenvalue weighted by molar-refractivity contribution is 7.11. The summed E-state index contributed by atoms with van der Waals surface area (Å²) in [4.78, 5) is 18.4. The Kier molecular flexibility index (Phi) is 4.87. The summed E-state index contributed by atoms with van der Waals surface area (Å²) in [7, 11) is 0. The van der Waals surface area contributed by atoms with Gasteiger partial charge in [-0.25, -0.2) is 4.98 Å². The van der Waals surface area contributed by atoms with Crippen LogP contribution in [0.3, 0.4) is 0 Å². The Morgan fingerprint density at radius 3 is 3.05 bits per heavy atom. The number of carbonyl (C=O) groups is 1. The first-order valence-electron chi connectivity index (χ1n) is 8.02. The van der Waals surface area contributed by atoms with Crippen LogP contribution in [0.4, 0.5) is 0 Å². The van der Waals surface area contributed by atoms with E-state index in [1.165, 1.54) is 29.8 Å². The van der Waals surface area contributed by atoms with Crippen LogP contribution in [0.2, 0.25) is 0 Å². The van der Waals surface area contributed by atoms with Crippen molar-refractivity contribution < 1.29 is 4.79 Å². The Hall–Kier alpha value is -1.69. The molecule has 0 aliphatic heterocycles. The number of nitrogens with one attached hydrogen (secondary N) is 1. The van der Waals surface area contributed by atoms with Gasteiger partial charge in [0.2, 0.25) is 5.91 Å². The van der Waals surface area contributed by atoms with Gasteiger partial charge in [-0.15, -0.1) is 11.3 Å². The van der Waals surface area contributed by atoms with Gasteiger partial charge in [-0.2, -0.15) is 5.10 Å². The van der Waals surface area contributed by atoms with Gasteiger partial charge < -0.3 is 5.32 Å². The highest BCUT2D eigenvalue weighted by atomic mass is 32.1. The summed E-state index contributed by atoms with van der Waals surface area (Å²) in [6.45, 7) is 2.64. The molecule has 1 aliphatic rings. The molecule has 2 aromatic rings. The zero-order valence-corrected chi connectivity index (χ0v) is 13.7. The van der Waals surface area contributed by atoms with Crippen LogP contribution in [-0.4, -0.2) is 27.2 Å². The average Bonchev–Trinajstić information content (AvgIpc) is 3.16. The number of hydrogen-bond donors (Lipinski definition) is 1. The standard InChI is InChI=1S/C16H22N4OS/c1-2-13(20-11-5-9-18-20)16(21)17-10-8-15-19-12-6-3-4-7-14(12)22-15/h5,9,11,13H,2-4,6-8,10H2,1H3,(H,17,21). The van der Waals surface area contributed by atoms with Crippen molar-refractivity contribution in [2.24, 2.45) is 0 Å². The third-order valence-electron chi connectivity index (χ3n) is 4.06. The normalized spacial score (nSPS) is 15.3. The summed E-state index contributed by atoms with van der Waals surface area (Å²) in [5.74, 6) is 0.0347. The van der Waals surface area contributed by atoms with Crippen molar-refractivity contribution in [1.29, 1.82) is 0 Å². The quantitative estimate of drug-likeness (QED) is 0.890. The Labute approximate surface area is 134 Å². The first-order valence-corrected chi connectivity index (χ1v) is 8.84. The maximum absolute atomic E-state index is 12.3. The lowest BCUT2D eigenvalue weighted by molar-refractivity contribution is -0.124. The largest absolute Gasteiger partial charge is 0.354 e. The first-order chi connectivity index (χ1) is 10.8. The van der Waals surface area contributed by atoms with Crippen molar-refractivity contribution in [2.45, 2.75) is 51.5 Å². The molecule has 6 heteroatoms. The van der Waals surface area contributed by atoms with E-state index in [4.69, 9.17) is 4.98 Å². The molecule has 0 fully saturated rings. The molecule has 0 bridgehead atoms. The second-order valence-electron chi connectivity index (χ2n) is 5.64. The Bertz CT molecular complexity index is 597. The number of thiazole rings is 1. The van der Waals surface area contributed by atoms with Gasteiger partial charge in [0.25, 0.3) is 0 Å². The van der Waals surface area contributed by atoms with Gasteiger partial charge in [-0.1, -0.05) is 6.92 Å². The molecule has 1 atom stereocenters. The molecule has 0 saturated heterocycles. The van der Waals surface area contributed by atoms with E-state index in [-0.39, 0.29) is 11.9 Å². The highest BCUT2D eigenvalue weighted by Crippen LogP contribution is 2.26. The van der Waals surface area contributed by atoms with Crippen LogP contribution in [-0.2, 0) is 24.1 Å². The molecule has 2 aromatic heterocycles. The number of amides is 1. The number of rotatable bonds is 6. The topological polar surface area (TPSA) is 59.8 Å². The summed E-state index contributed by atoms with van der Waals surface area (Å²) >= 11 is 1.82. The zero-order chi connectivity index (χ0) is 15.4. The van der Waals surface area contributed by atoms with Crippen molar-refractivity contribution in [3.05, 3.63) is 34.0 Å². The van der Waals surface area contributed by atoms with Gasteiger partial charge in [0.05, 0.1) is 10.7 Å². The minimum Gasteiger partial charge on any atom is -0.354 e. The minimum absolute atomic E-state index is 0.0347. The lowest BCUT2D eigenvalue weighted by Crippen LogP contribution is -2.33. The lowest BCUT2D eigenvalue weighted by Gasteiger charge is -2.15. The molecule has 0 spiro atoms. The third-order valence-corrected chi connectivity index (χ3v) is 5.28. The molecule has 1 aliphatic carbocycles. The molecule has 5 nitrogen and oxygen atoms in total. The molecule has 22 heavy (non-hydrogen) atoms. The van der Waals surface area contributed by atoms with E-state index in [0.717, 1.165) is 24.3 Å². The van der Waals surface area contributed by atoms with Crippen molar-refractivity contribution in [1.82, 2.24) is 20.1 Å². The van der Waals surface area contributed by atoms with E-state index in [2.05, 4.69) is 10.4 Å². The predicted molar refractivity (Wildman–Crippen MR) is 87.0 cm³/mol. The van der Waals surface area contributed by atoms with E-state index in [1.54, 1.807) is 10.9 Å². The molecule has 1 N–H and O–H groups in total. The molecule has 0 radical (unpaired) electrons. The predicted octanol–water partition coefficient (Wildman–Crippen LogP) is 2.53. The number of aryl methyl sites for hydroxylation is 2. The second kappa shape index (κ2) is 7.05. The van der Waals surface area contributed by atoms with Crippen LogP contribution in [0.5, 0.6) is 0 Å². The number of nitrogens with zero attached hydrogens (tertiary/aromatic N) is 3. The number of aromatic nitrogens is 3. The summed E-state index contributed by atoms with van der Waals surface area (Å²) in [6.07, 6.45) is 9.94. The van der Waals surface area contributed by atoms with E-state index < -0.39 is 0 Å². The van der Waals surface area contributed by atoms with Crippen LogP contribution in [0.25, 0.3) is 0 Å². The molecular formula is C16H22N4OS. The summed E-state index contributed by atoms with van der Waals surface area (Å²) in [5, 5.41) is 8.33. The minimum atomic E-state index is -0.223. The van der Waals surface area contributed by atoms with Gasteiger partial charge in [-0.3, -0.25) is 9.48 Å². The van der Waals surface area contributed by atoms with Crippen molar-refractivity contribution in [2.75, 3.05) is 6.54 Å². The fourth-order valence-electron chi connectivity index (χ4n) is 2.88. The number of carbonyl (C=O) groups excluding carboxylic acids is 1. The average molecular weight is 318 g/mol. The van der Waals surface area contributed by atoms with Gasteiger partial charge in [0.15, 0.2) is 0 Å². The van der Waals surface area contributed by atoms with Crippen LogP contribution in [0.15, 0.2) is 18.5 Å². The summed E-state index contributed by atoms with van der Waals surface area (Å²) < 4.78 is 1.72. The smallest absolute Gasteiger partial charge is 0.244 e. The zero-order valence-electron chi connectivity index (χ0n) is 12.9. The van der Waals surface area contributed by atoms with Crippen LogP contribution in [0, 0.1) is 0 Å². The van der Waals surface area contributed by atoms with Crippen molar-refractivity contribution in [3.63, 3.8) is 0 Å². The van der Waals surface area contributed by atoms with Crippen LogP contribution < -0.4 is 5.32 Å². The fourth-order valence-corrected chi connectivity index (χ4v) is 4.04. The fraction of sp³-hybridized carbons (Fsp3) is 0.562. The highest BCUT2D eigenvalue weighted by Gasteiger charge is 2.19. The lowest BCUT2D eigenvalue weighted by atomic mass is 10.0. The van der Waals surface area contributed by atoms with E-state index in [1.807, 2.05) is 30.5 Å². The van der Waals surface area contributed by atoms with Gasteiger partial charge in [0, 0.05) is 30.2 Å². The SMILES string of the molecule is CCC(C(=O)NCCc1nc2c(s1)CCCC2)n1cccn1. The second-order valence-corrected chi connectivity index (χ2v) is 6.80. The molecule has 3 rings (SSSR count). The molecular weight excluding hydrogens is 296 g/mol. The monoisotopic (exact) mass is 318 g/mol. The number of hydrogen-bond acceptors (Lipinski definition) is 4. The Morgan fingerprint density at radius 2 is 2.32 bits per heavy atom. The molecule has 0 aromatic carbocycles. The van der Waals surface area contributed by atoms with Crippen LogP contribution in [0.1, 0.15) is 47.8 Å². The number of fused-ring (bicyclic) bond motifs is 1. The van der Waals surface area contributed by atoms with E-state index in [9.17, 15) is 4.79 Å². The van der Waals surface area contributed by atoms with E-state index >= 15 is 0 Å². The van der Waals surface area contributed by atoms with Crippen molar-refractivity contribution >= 4 is 17.2 Å². The molecule has 1 unspecified atom stereocenters. The maximum atomic E-state index is 12.3. The van der Waals surface area contributed by atoms with Crippen molar-refractivity contribution in [3.8, 4) is 0 Å². The Morgan fingerprint density at radius 1 is 1.45 bits per heavy atom. The summed E-state index contributed by atoms with van der Waals surface area (Å²) in [5.41, 5.74) is 1.29. The summed E-state index contributed by atoms with van der Waals surface area (Å²) in [6, 6.07) is 1.62. The third kappa shape index (κ3) is 3.38. The maximum Gasteiger partial charge on any atom is 0.244 e. The Balaban J connectivity index is 1.52. The molecule has 1 amide bonds.